The molecule has 4 heteroatoms. The molecule has 4 heterocycles. The molecule has 64 heavy (non-hydrogen) atoms. The van der Waals surface area contributed by atoms with Crippen LogP contribution in [0, 0.1) is 0 Å². The lowest BCUT2D eigenvalue weighted by molar-refractivity contribution is 1.03. The summed E-state index contributed by atoms with van der Waals surface area (Å²) in [6.07, 6.45) is 12.1. The highest BCUT2D eigenvalue weighted by atomic mass is 15.0. The Bertz CT molecular complexity index is 3180. The number of benzene rings is 8. The minimum absolute atomic E-state index is 0.807. The molecule has 0 fully saturated rings. The highest BCUT2D eigenvalue weighted by Crippen LogP contribution is 2.32. The van der Waals surface area contributed by atoms with Crippen molar-refractivity contribution in [2.24, 2.45) is 0 Å². The molecule has 0 saturated carbocycles. The minimum Gasteiger partial charge on any atom is -0.317 e. The average Bonchev–Trinajstić information content (AvgIpc) is 4.13. The molecule has 0 unspecified atom stereocenters. The van der Waals surface area contributed by atoms with Gasteiger partial charge in [0.2, 0.25) is 0 Å². The zero-order valence-corrected chi connectivity index (χ0v) is 35.4. The number of hydrogen-bond acceptors (Lipinski definition) is 0. The maximum atomic E-state index is 2.45. The Morgan fingerprint density at radius 1 is 0.219 bits per heavy atom. The summed E-state index contributed by atoms with van der Waals surface area (Å²) in [4.78, 5) is 0. The van der Waals surface area contributed by atoms with Crippen molar-refractivity contribution in [2.45, 2.75) is 25.7 Å². The topological polar surface area (TPSA) is 19.7 Å². The summed E-state index contributed by atoms with van der Waals surface area (Å²) in [7, 11) is 0. The van der Waals surface area contributed by atoms with Crippen LogP contribution in [0.5, 0.6) is 0 Å². The van der Waals surface area contributed by atoms with Crippen molar-refractivity contribution in [3.63, 3.8) is 0 Å². The molecule has 304 valence electrons. The lowest BCUT2D eigenvalue weighted by Crippen LogP contribution is -2.04. The molecular weight excluding hydrogens is 777 g/mol. The lowest BCUT2D eigenvalue weighted by Gasteiger charge is -2.18. The second-order valence-corrected chi connectivity index (χ2v) is 17.7. The van der Waals surface area contributed by atoms with Gasteiger partial charge in [-0.05, 0) is 189 Å². The molecule has 13 rings (SSSR count). The van der Waals surface area contributed by atoms with Gasteiger partial charge in [-0.15, -0.1) is 0 Å². The smallest absolute Gasteiger partial charge is 0.0528 e. The van der Waals surface area contributed by atoms with Gasteiger partial charge in [-0.25, -0.2) is 0 Å². The number of rotatable bonds is 4. The van der Waals surface area contributed by atoms with E-state index in [-0.39, 0.29) is 0 Å². The zero-order valence-electron chi connectivity index (χ0n) is 35.4. The SMILES string of the molecule is c1ccc2c(c1)ccn2-c1cc2cc(c1)Cc1cc(cc(-n3ccc4ccccc43)c1)Cc1cc(cc(-n3ccc4ccccc43)c1)Cc1cc(cc(-n3ccc4ccccc43)c1)C2. The van der Waals surface area contributed by atoms with Crippen LogP contribution in [0.25, 0.3) is 66.4 Å². The maximum absolute atomic E-state index is 2.45. The third kappa shape index (κ3) is 6.54. The van der Waals surface area contributed by atoms with Crippen LogP contribution < -0.4 is 0 Å². The van der Waals surface area contributed by atoms with Gasteiger partial charge in [0, 0.05) is 47.5 Å². The summed E-state index contributed by atoms with van der Waals surface area (Å²) in [6, 6.07) is 72.8. The molecule has 1 aliphatic carbocycles. The Labute approximate surface area is 372 Å². The van der Waals surface area contributed by atoms with Crippen molar-refractivity contribution in [1.29, 1.82) is 0 Å². The van der Waals surface area contributed by atoms with Crippen molar-refractivity contribution < 1.29 is 0 Å². The third-order valence-electron chi connectivity index (χ3n) is 13.3. The van der Waals surface area contributed by atoms with E-state index in [1.807, 2.05) is 0 Å². The first kappa shape index (κ1) is 36.6. The van der Waals surface area contributed by atoms with Crippen molar-refractivity contribution >= 4 is 43.6 Å². The molecule has 4 aromatic heterocycles. The van der Waals surface area contributed by atoms with Crippen molar-refractivity contribution in [1.82, 2.24) is 18.3 Å². The lowest BCUT2D eigenvalue weighted by atomic mass is 9.92. The van der Waals surface area contributed by atoms with Crippen molar-refractivity contribution in [2.75, 3.05) is 0 Å². The van der Waals surface area contributed by atoms with Crippen LogP contribution in [0.4, 0.5) is 0 Å². The van der Waals surface area contributed by atoms with E-state index < -0.39 is 0 Å². The highest BCUT2D eigenvalue weighted by molar-refractivity contribution is 5.84. The summed E-state index contributed by atoms with van der Waals surface area (Å²) in [5.41, 5.74) is 20.0. The van der Waals surface area contributed by atoms with Gasteiger partial charge in [-0.1, -0.05) is 97.1 Å². The van der Waals surface area contributed by atoms with Crippen LogP contribution in [0.3, 0.4) is 0 Å². The van der Waals surface area contributed by atoms with Gasteiger partial charge >= 0.3 is 0 Å². The van der Waals surface area contributed by atoms with E-state index in [1.165, 1.54) is 111 Å². The predicted octanol–water partition coefficient (Wildman–Crippen LogP) is 14.1. The van der Waals surface area contributed by atoms with E-state index in [0.29, 0.717) is 0 Å². The highest BCUT2D eigenvalue weighted by Gasteiger charge is 2.16. The van der Waals surface area contributed by atoms with Crippen LogP contribution >= 0.6 is 0 Å². The summed E-state index contributed by atoms with van der Waals surface area (Å²) in [5, 5.41) is 4.97. The molecule has 0 saturated heterocycles. The quantitative estimate of drug-likeness (QED) is 0.169. The Hall–Kier alpha value is -8.08. The summed E-state index contributed by atoms with van der Waals surface area (Å²) >= 11 is 0. The number of hydrogen-bond donors (Lipinski definition) is 0. The van der Waals surface area contributed by atoms with Gasteiger partial charge in [0.05, 0.1) is 22.1 Å². The molecule has 8 bridgehead atoms. The molecule has 0 radical (unpaired) electrons. The second-order valence-electron chi connectivity index (χ2n) is 17.7. The molecule has 8 aromatic carbocycles. The monoisotopic (exact) mass is 820 g/mol. The van der Waals surface area contributed by atoms with Crippen molar-refractivity contribution in [3.05, 3.63) is 263 Å². The van der Waals surface area contributed by atoms with E-state index in [4.69, 9.17) is 0 Å². The van der Waals surface area contributed by atoms with E-state index in [1.54, 1.807) is 0 Å². The summed E-state index contributed by atoms with van der Waals surface area (Å²) < 4.78 is 9.45. The standard InChI is InChI=1S/C60H44N4/c1-5-13-57-49(9-1)17-21-61(57)53-33-41-25-42(34-53)30-44-27-46(38-55(36-44)63-23-19-51-11-3-7-15-59(51)63)32-48-28-47(39-56(40-48)64-24-20-52-12-4-8-16-60(52)64)31-45-26-43(29-41)35-54(37-45)62-22-18-50-10-2-6-14-58(50)62/h1-28,33-40H,29-32H2. The van der Waals surface area contributed by atoms with Gasteiger partial charge in [-0.3, -0.25) is 0 Å². The van der Waals surface area contributed by atoms with Crippen LogP contribution in [-0.4, -0.2) is 18.3 Å². The van der Waals surface area contributed by atoms with E-state index in [0.717, 1.165) is 25.7 Å². The molecular formula is C60H44N4. The molecule has 0 spiro atoms. The Balaban J connectivity index is 1.03. The number of fused-ring (bicyclic) bond motifs is 12. The van der Waals surface area contributed by atoms with Crippen LogP contribution in [0.15, 0.2) is 219 Å². The van der Waals surface area contributed by atoms with Gasteiger partial charge in [0.1, 0.15) is 0 Å². The Kier molecular flexibility index (Phi) is 8.45. The second kappa shape index (κ2) is 14.8. The first-order valence-electron chi connectivity index (χ1n) is 22.4. The van der Waals surface area contributed by atoms with E-state index in [9.17, 15) is 0 Å². The van der Waals surface area contributed by atoms with Crippen LogP contribution in [-0.2, 0) is 25.7 Å². The first-order chi connectivity index (χ1) is 31.6. The minimum atomic E-state index is 0.807. The number of para-hydroxylation sites is 4. The molecule has 0 atom stereocenters. The normalized spacial score (nSPS) is 12.8. The van der Waals surface area contributed by atoms with Gasteiger partial charge < -0.3 is 18.3 Å². The summed E-state index contributed by atoms with van der Waals surface area (Å²) in [5.74, 6) is 0. The molecule has 1 aliphatic rings. The maximum Gasteiger partial charge on any atom is 0.0528 e. The molecule has 0 amide bonds. The largest absolute Gasteiger partial charge is 0.317 e. The number of nitrogens with zero attached hydrogens (tertiary/aromatic N) is 4. The van der Waals surface area contributed by atoms with Gasteiger partial charge in [-0.2, -0.15) is 0 Å². The molecule has 0 aliphatic heterocycles. The molecule has 12 aromatic rings. The predicted molar refractivity (Wildman–Crippen MR) is 264 cm³/mol. The van der Waals surface area contributed by atoms with Gasteiger partial charge in [0.15, 0.2) is 0 Å². The van der Waals surface area contributed by atoms with Crippen molar-refractivity contribution in [3.8, 4) is 22.7 Å². The van der Waals surface area contributed by atoms with Gasteiger partial charge in [0.25, 0.3) is 0 Å². The Morgan fingerprint density at radius 2 is 0.422 bits per heavy atom. The molecule has 4 nitrogen and oxygen atoms in total. The Morgan fingerprint density at radius 3 is 0.641 bits per heavy atom. The van der Waals surface area contributed by atoms with E-state index >= 15 is 0 Å². The number of aromatic nitrogens is 4. The van der Waals surface area contributed by atoms with Crippen LogP contribution in [0.2, 0.25) is 0 Å². The zero-order chi connectivity index (χ0) is 42.1. The van der Waals surface area contributed by atoms with Crippen LogP contribution in [0.1, 0.15) is 44.5 Å². The average molecular weight is 821 g/mol. The third-order valence-corrected chi connectivity index (χ3v) is 13.3. The van der Waals surface area contributed by atoms with E-state index in [2.05, 4.69) is 237 Å². The fraction of sp³-hybridized carbons (Fsp3) is 0.0667. The fourth-order valence-electron chi connectivity index (χ4n) is 10.5. The molecule has 0 N–H and O–H groups in total. The first-order valence-corrected chi connectivity index (χ1v) is 22.4. The summed E-state index contributed by atoms with van der Waals surface area (Å²) in [6.45, 7) is 0. The fourth-order valence-corrected chi connectivity index (χ4v) is 10.5.